The largest absolute Gasteiger partial charge is 0.469 e. The molecule has 0 aromatic carbocycles. The van der Waals surface area contributed by atoms with Gasteiger partial charge in [-0.2, -0.15) is 4.31 Å². The summed E-state index contributed by atoms with van der Waals surface area (Å²) in [6.07, 6.45) is 0.713. The molecular formula is C12H15ClN2O5S. The van der Waals surface area contributed by atoms with Crippen LogP contribution in [0, 0.1) is 0 Å². The molecule has 1 fully saturated rings. The Kier molecular flexibility index (Phi) is 5.15. The highest BCUT2D eigenvalue weighted by atomic mass is 35.5. The summed E-state index contributed by atoms with van der Waals surface area (Å²) < 4.78 is 36.2. The van der Waals surface area contributed by atoms with Gasteiger partial charge in [0.1, 0.15) is 10.0 Å². The van der Waals surface area contributed by atoms with Crippen LogP contribution in [0.5, 0.6) is 0 Å². The molecule has 0 saturated carbocycles. The minimum atomic E-state index is -3.67. The molecule has 0 radical (unpaired) electrons. The number of hydrogen-bond acceptors (Lipinski definition) is 6. The van der Waals surface area contributed by atoms with Crippen molar-refractivity contribution in [2.45, 2.75) is 17.4 Å². The quantitative estimate of drug-likeness (QED) is 0.595. The number of carbonyl (C=O) groups is 1. The summed E-state index contributed by atoms with van der Waals surface area (Å²) in [5.41, 5.74) is 0. The molecule has 0 aliphatic carbocycles. The van der Waals surface area contributed by atoms with Crippen LogP contribution in [0.25, 0.3) is 0 Å². The van der Waals surface area contributed by atoms with E-state index in [1.54, 1.807) is 0 Å². The van der Waals surface area contributed by atoms with Gasteiger partial charge in [-0.25, -0.2) is 13.4 Å². The van der Waals surface area contributed by atoms with Crippen molar-refractivity contribution < 1.29 is 22.7 Å². The van der Waals surface area contributed by atoms with Crippen molar-refractivity contribution in [2.24, 2.45) is 0 Å². The maximum absolute atomic E-state index is 12.5. The molecule has 1 aromatic heterocycles. The molecule has 0 amide bonds. The first-order chi connectivity index (χ1) is 9.93. The maximum atomic E-state index is 12.5. The lowest BCUT2D eigenvalue weighted by Gasteiger charge is -2.31. The van der Waals surface area contributed by atoms with E-state index < -0.39 is 22.1 Å². The first-order valence-electron chi connectivity index (χ1n) is 6.23. The van der Waals surface area contributed by atoms with Gasteiger partial charge in [0.15, 0.2) is 0 Å². The van der Waals surface area contributed by atoms with Crippen molar-refractivity contribution in [3.8, 4) is 0 Å². The number of rotatable bonds is 4. The van der Waals surface area contributed by atoms with E-state index in [1.165, 1.54) is 29.7 Å². The lowest BCUT2D eigenvalue weighted by Crippen LogP contribution is -2.46. The highest BCUT2D eigenvalue weighted by molar-refractivity contribution is 7.89. The van der Waals surface area contributed by atoms with Gasteiger partial charge in [0.05, 0.1) is 26.2 Å². The van der Waals surface area contributed by atoms with Crippen molar-refractivity contribution in [3.05, 3.63) is 23.5 Å². The first-order valence-corrected chi connectivity index (χ1v) is 8.05. The number of carbonyl (C=O) groups excluding carboxylic acids is 1. The van der Waals surface area contributed by atoms with Gasteiger partial charge in [-0.3, -0.25) is 4.79 Å². The number of ether oxygens (including phenoxy) is 2. The molecule has 21 heavy (non-hydrogen) atoms. The van der Waals surface area contributed by atoms with Gasteiger partial charge in [-0.05, 0) is 12.1 Å². The van der Waals surface area contributed by atoms with Crippen molar-refractivity contribution in [1.82, 2.24) is 9.29 Å². The fourth-order valence-corrected chi connectivity index (χ4v) is 3.48. The lowest BCUT2D eigenvalue weighted by molar-refractivity contribution is -0.145. The number of sulfonamides is 1. The number of esters is 1. The van der Waals surface area contributed by atoms with Crippen LogP contribution < -0.4 is 0 Å². The van der Waals surface area contributed by atoms with Crippen LogP contribution in [0.4, 0.5) is 0 Å². The second-order valence-corrected chi connectivity index (χ2v) is 6.78. The highest BCUT2D eigenvalue weighted by Crippen LogP contribution is 2.20. The Morgan fingerprint density at radius 1 is 1.57 bits per heavy atom. The second kappa shape index (κ2) is 6.69. The highest BCUT2D eigenvalue weighted by Gasteiger charge is 2.32. The Morgan fingerprint density at radius 3 is 2.95 bits per heavy atom. The molecule has 0 spiro atoms. The third-order valence-corrected chi connectivity index (χ3v) is 5.13. The van der Waals surface area contributed by atoms with Crippen LogP contribution in [0.2, 0.25) is 5.15 Å². The Labute approximate surface area is 127 Å². The average molecular weight is 335 g/mol. The van der Waals surface area contributed by atoms with Crippen molar-refractivity contribution in [2.75, 3.05) is 26.8 Å². The Hall–Kier alpha value is -1.22. The Morgan fingerprint density at radius 2 is 2.33 bits per heavy atom. The third-order valence-electron chi connectivity index (χ3n) is 3.06. The standard InChI is InChI=1S/C12H15ClN2O5S/c1-19-12(16)6-9-8-15(4-5-20-9)21(17,18)10-2-3-11(13)14-7-10/h2-3,7,9H,4-6,8H2,1H3. The summed E-state index contributed by atoms with van der Waals surface area (Å²) in [7, 11) is -2.40. The topological polar surface area (TPSA) is 85.8 Å². The Bertz CT molecular complexity index is 605. The molecular weight excluding hydrogens is 320 g/mol. The predicted molar refractivity (Wildman–Crippen MR) is 74.4 cm³/mol. The summed E-state index contributed by atoms with van der Waals surface area (Å²) in [5, 5.41) is 0.222. The molecule has 9 heteroatoms. The van der Waals surface area contributed by atoms with E-state index in [0.717, 1.165) is 0 Å². The maximum Gasteiger partial charge on any atom is 0.308 e. The van der Waals surface area contributed by atoms with Gasteiger partial charge in [0.25, 0.3) is 0 Å². The van der Waals surface area contributed by atoms with Crippen LogP contribution in [0.15, 0.2) is 23.2 Å². The molecule has 0 N–H and O–H groups in total. The van der Waals surface area contributed by atoms with E-state index in [1.807, 2.05) is 0 Å². The number of halogens is 1. The zero-order valence-corrected chi connectivity index (χ0v) is 12.9. The van der Waals surface area contributed by atoms with E-state index in [9.17, 15) is 13.2 Å². The molecule has 1 unspecified atom stereocenters. The van der Waals surface area contributed by atoms with Gasteiger partial charge >= 0.3 is 5.97 Å². The van der Waals surface area contributed by atoms with Gasteiger partial charge in [0, 0.05) is 19.3 Å². The number of methoxy groups -OCH3 is 1. The molecule has 2 heterocycles. The average Bonchev–Trinajstić information content (AvgIpc) is 2.48. The number of aromatic nitrogens is 1. The summed E-state index contributed by atoms with van der Waals surface area (Å²) in [6, 6.07) is 2.82. The van der Waals surface area contributed by atoms with E-state index in [-0.39, 0.29) is 36.2 Å². The fraction of sp³-hybridized carbons (Fsp3) is 0.500. The first kappa shape index (κ1) is 16.2. The van der Waals surface area contributed by atoms with Crippen LogP contribution in [-0.2, 0) is 24.3 Å². The zero-order valence-electron chi connectivity index (χ0n) is 11.4. The van der Waals surface area contributed by atoms with Crippen molar-refractivity contribution in [3.63, 3.8) is 0 Å². The monoisotopic (exact) mass is 334 g/mol. The zero-order chi connectivity index (χ0) is 15.5. The second-order valence-electron chi connectivity index (χ2n) is 4.45. The molecule has 2 rings (SSSR count). The van der Waals surface area contributed by atoms with E-state index in [0.29, 0.717) is 0 Å². The van der Waals surface area contributed by atoms with Crippen LogP contribution in [-0.4, -0.2) is 56.6 Å². The number of nitrogens with zero attached hydrogens (tertiary/aromatic N) is 2. The third kappa shape index (κ3) is 3.91. The molecule has 1 saturated heterocycles. The van der Waals surface area contributed by atoms with Crippen LogP contribution in [0.1, 0.15) is 6.42 Å². The molecule has 0 bridgehead atoms. The van der Waals surface area contributed by atoms with Gasteiger partial charge in [-0.1, -0.05) is 11.6 Å². The van der Waals surface area contributed by atoms with Crippen molar-refractivity contribution in [1.29, 1.82) is 0 Å². The van der Waals surface area contributed by atoms with E-state index in [2.05, 4.69) is 9.72 Å². The molecule has 1 aliphatic rings. The van der Waals surface area contributed by atoms with Crippen LogP contribution >= 0.6 is 11.6 Å². The van der Waals surface area contributed by atoms with Crippen molar-refractivity contribution >= 4 is 27.6 Å². The minimum Gasteiger partial charge on any atom is -0.469 e. The van der Waals surface area contributed by atoms with Gasteiger partial charge in [-0.15, -0.1) is 0 Å². The van der Waals surface area contributed by atoms with Gasteiger partial charge in [0.2, 0.25) is 10.0 Å². The van der Waals surface area contributed by atoms with Crippen LogP contribution in [0.3, 0.4) is 0 Å². The molecule has 1 aliphatic heterocycles. The summed E-state index contributed by atoms with van der Waals surface area (Å²) in [4.78, 5) is 15.1. The molecule has 116 valence electrons. The van der Waals surface area contributed by atoms with E-state index >= 15 is 0 Å². The summed E-state index contributed by atoms with van der Waals surface area (Å²) in [5.74, 6) is -0.438. The molecule has 1 atom stereocenters. The van der Waals surface area contributed by atoms with Gasteiger partial charge < -0.3 is 9.47 Å². The smallest absolute Gasteiger partial charge is 0.308 e. The normalized spacial score (nSPS) is 20.2. The number of morpholine rings is 1. The predicted octanol–water partition coefficient (Wildman–Crippen LogP) is 0.688. The summed E-state index contributed by atoms with van der Waals surface area (Å²) in [6.45, 7) is 0.546. The summed E-state index contributed by atoms with van der Waals surface area (Å²) >= 11 is 5.65. The SMILES string of the molecule is COC(=O)CC1CN(S(=O)(=O)c2ccc(Cl)nc2)CCO1. The molecule has 1 aromatic rings. The molecule has 7 nitrogen and oxygen atoms in total. The fourth-order valence-electron chi connectivity index (χ4n) is 1.97. The lowest BCUT2D eigenvalue weighted by atomic mass is 10.2. The minimum absolute atomic E-state index is 0.0153. The number of hydrogen-bond donors (Lipinski definition) is 0. The Balaban J connectivity index is 2.12. The van der Waals surface area contributed by atoms with E-state index in [4.69, 9.17) is 16.3 Å². The number of pyridine rings is 1.